The molecule has 0 heterocycles. The van der Waals surface area contributed by atoms with Crippen LogP contribution >= 0.6 is 11.6 Å². The second-order valence-electron chi connectivity index (χ2n) is 6.99. The number of benzene rings is 4. The number of hydrogen-bond donors (Lipinski definition) is 2. The van der Waals surface area contributed by atoms with Gasteiger partial charge in [0.2, 0.25) is 0 Å². The minimum atomic E-state index is -4.18. The van der Waals surface area contributed by atoms with Gasteiger partial charge in [0.25, 0.3) is 15.7 Å². The van der Waals surface area contributed by atoms with Crippen LogP contribution in [-0.4, -0.2) is 19.6 Å². The first-order valence-corrected chi connectivity index (χ1v) is 11.5. The molecule has 4 rings (SSSR count). The monoisotopic (exact) mass is 480 g/mol. The van der Waals surface area contributed by atoms with Crippen LogP contribution in [0.25, 0.3) is 10.8 Å². The van der Waals surface area contributed by atoms with Crippen molar-refractivity contribution >= 4 is 55.7 Å². The average Bonchev–Trinajstić information content (AvgIpc) is 2.80. The molecule has 33 heavy (non-hydrogen) atoms. The summed E-state index contributed by atoms with van der Waals surface area (Å²) < 4.78 is 28.5. The third-order valence-corrected chi connectivity index (χ3v) is 6.45. The molecular weight excluding hydrogens is 464 g/mol. The molecule has 4 aromatic rings. The summed E-state index contributed by atoms with van der Waals surface area (Å²) in [6.45, 7) is 0. The van der Waals surface area contributed by atoms with E-state index < -0.39 is 14.9 Å². The summed E-state index contributed by atoms with van der Waals surface area (Å²) in [6, 6.07) is 23.0. The largest absolute Gasteiger partial charge is 0.280 e. The maximum absolute atomic E-state index is 13.0. The molecule has 0 aliphatic heterocycles. The smallest absolute Gasteiger partial charge is 0.270 e. The van der Waals surface area contributed by atoms with Crippen LogP contribution in [0, 0.1) is 10.1 Å². The molecule has 0 fully saturated rings. The third-order valence-electron chi connectivity index (χ3n) is 4.77. The Kier molecular flexibility index (Phi) is 6.25. The summed E-state index contributed by atoms with van der Waals surface area (Å²) in [6.07, 6.45) is 1.56. The molecule has 0 unspecified atom stereocenters. The van der Waals surface area contributed by atoms with Gasteiger partial charge >= 0.3 is 0 Å². The number of anilines is 2. The molecule has 0 amide bonds. The molecule has 0 atom stereocenters. The number of nitro groups is 1. The minimum absolute atomic E-state index is 0.0820. The van der Waals surface area contributed by atoms with Gasteiger partial charge in [-0.25, -0.2) is 8.42 Å². The van der Waals surface area contributed by atoms with Gasteiger partial charge in [-0.2, -0.15) is 5.10 Å². The fourth-order valence-corrected chi connectivity index (χ4v) is 4.56. The molecule has 10 heteroatoms. The lowest BCUT2D eigenvalue weighted by molar-refractivity contribution is -0.385. The number of non-ortho nitro benzene ring substituents is 1. The van der Waals surface area contributed by atoms with E-state index in [0.717, 1.165) is 22.4 Å². The number of nitrogens with one attached hydrogen (secondary N) is 2. The van der Waals surface area contributed by atoms with E-state index in [1.165, 1.54) is 36.4 Å². The van der Waals surface area contributed by atoms with Gasteiger partial charge in [0, 0.05) is 28.4 Å². The third kappa shape index (κ3) is 5.11. The van der Waals surface area contributed by atoms with E-state index in [4.69, 9.17) is 11.6 Å². The molecule has 8 nitrogen and oxygen atoms in total. The second kappa shape index (κ2) is 9.27. The normalized spacial score (nSPS) is 11.5. The quantitative estimate of drug-likeness (QED) is 0.201. The Morgan fingerprint density at radius 1 is 0.939 bits per heavy atom. The SMILES string of the molecule is O=[N+]([O-])c1ccc(NN=Cc2cccc3ccccc23)c(S(=O)(=O)Nc2ccc(Cl)cc2)c1. The van der Waals surface area contributed by atoms with Gasteiger partial charge in [0.15, 0.2) is 0 Å². The van der Waals surface area contributed by atoms with Gasteiger partial charge in [-0.3, -0.25) is 20.3 Å². The molecular formula is C23H17ClN4O4S. The van der Waals surface area contributed by atoms with Crippen LogP contribution in [0.2, 0.25) is 5.02 Å². The van der Waals surface area contributed by atoms with Gasteiger partial charge in [-0.05, 0) is 41.1 Å². The molecule has 4 aromatic carbocycles. The topological polar surface area (TPSA) is 114 Å². The van der Waals surface area contributed by atoms with Crippen LogP contribution in [0.4, 0.5) is 17.1 Å². The number of hydrogen-bond acceptors (Lipinski definition) is 6. The van der Waals surface area contributed by atoms with Gasteiger partial charge in [0.1, 0.15) is 4.90 Å². The minimum Gasteiger partial charge on any atom is -0.280 e. The molecule has 2 N–H and O–H groups in total. The molecule has 0 bridgehead atoms. The van der Waals surface area contributed by atoms with E-state index in [2.05, 4.69) is 15.2 Å². The van der Waals surface area contributed by atoms with Crippen molar-refractivity contribution in [2.24, 2.45) is 5.10 Å². The van der Waals surface area contributed by atoms with E-state index in [0.29, 0.717) is 5.02 Å². The van der Waals surface area contributed by atoms with Crippen molar-refractivity contribution in [1.29, 1.82) is 0 Å². The Labute approximate surface area is 194 Å². The van der Waals surface area contributed by atoms with Crippen molar-refractivity contribution in [3.63, 3.8) is 0 Å². The highest BCUT2D eigenvalue weighted by Crippen LogP contribution is 2.29. The van der Waals surface area contributed by atoms with Crippen LogP contribution in [0.15, 0.2) is 94.9 Å². The maximum atomic E-state index is 13.0. The van der Waals surface area contributed by atoms with Crippen molar-refractivity contribution in [2.75, 3.05) is 10.1 Å². The average molecular weight is 481 g/mol. The van der Waals surface area contributed by atoms with E-state index in [1.54, 1.807) is 6.21 Å². The number of sulfonamides is 1. The van der Waals surface area contributed by atoms with Gasteiger partial charge < -0.3 is 0 Å². The molecule has 0 saturated heterocycles. The number of halogens is 1. The summed E-state index contributed by atoms with van der Waals surface area (Å²) in [4.78, 5) is 10.3. The van der Waals surface area contributed by atoms with E-state index in [-0.39, 0.29) is 22.0 Å². The van der Waals surface area contributed by atoms with Crippen LogP contribution in [0.3, 0.4) is 0 Å². The fourth-order valence-electron chi connectivity index (χ4n) is 3.20. The van der Waals surface area contributed by atoms with Crippen LogP contribution in [-0.2, 0) is 10.0 Å². The predicted octanol–water partition coefficient (Wildman–Crippen LogP) is 5.65. The second-order valence-corrected chi connectivity index (χ2v) is 9.08. The number of rotatable bonds is 7. The first-order chi connectivity index (χ1) is 15.8. The summed E-state index contributed by atoms with van der Waals surface area (Å²) in [7, 11) is -4.18. The van der Waals surface area contributed by atoms with Crippen LogP contribution < -0.4 is 10.1 Å². The highest BCUT2D eigenvalue weighted by Gasteiger charge is 2.22. The van der Waals surface area contributed by atoms with E-state index in [9.17, 15) is 18.5 Å². The van der Waals surface area contributed by atoms with Crippen molar-refractivity contribution < 1.29 is 13.3 Å². The molecule has 0 aliphatic rings. The Hall–Kier alpha value is -3.95. The van der Waals surface area contributed by atoms with Gasteiger partial charge in [-0.15, -0.1) is 0 Å². The Balaban J connectivity index is 1.67. The summed E-state index contributed by atoms with van der Waals surface area (Å²) in [5, 5.41) is 17.9. The van der Waals surface area contributed by atoms with Crippen molar-refractivity contribution in [2.45, 2.75) is 4.90 Å². The Morgan fingerprint density at radius 2 is 1.67 bits per heavy atom. The van der Waals surface area contributed by atoms with Crippen LogP contribution in [0.1, 0.15) is 5.56 Å². The molecule has 0 spiro atoms. The highest BCUT2D eigenvalue weighted by molar-refractivity contribution is 7.92. The lowest BCUT2D eigenvalue weighted by atomic mass is 10.1. The predicted molar refractivity (Wildman–Crippen MR) is 131 cm³/mol. The van der Waals surface area contributed by atoms with Crippen LogP contribution in [0.5, 0.6) is 0 Å². The molecule has 166 valence electrons. The molecule has 0 saturated carbocycles. The summed E-state index contributed by atoms with van der Waals surface area (Å²) >= 11 is 5.85. The zero-order chi connectivity index (χ0) is 23.4. The van der Waals surface area contributed by atoms with E-state index >= 15 is 0 Å². The molecule has 0 radical (unpaired) electrons. The number of fused-ring (bicyclic) bond motifs is 1. The van der Waals surface area contributed by atoms with Crippen molar-refractivity contribution in [3.8, 4) is 0 Å². The number of hydrazone groups is 1. The van der Waals surface area contributed by atoms with Gasteiger partial charge in [-0.1, -0.05) is 54.1 Å². The molecule has 0 aromatic heterocycles. The van der Waals surface area contributed by atoms with E-state index in [1.807, 2.05) is 42.5 Å². The lowest BCUT2D eigenvalue weighted by Crippen LogP contribution is -2.15. The summed E-state index contributed by atoms with van der Waals surface area (Å²) in [5.74, 6) is 0. The fraction of sp³-hybridized carbons (Fsp3) is 0. The standard InChI is InChI=1S/C23H17ClN4O4S/c24-18-8-10-19(11-9-18)27-33(31,32)23-14-20(28(29)30)12-13-22(23)26-25-15-17-6-3-5-16-4-1-2-7-21(16)17/h1-15,26-27H. The van der Waals surface area contributed by atoms with Crippen molar-refractivity contribution in [1.82, 2.24) is 0 Å². The number of nitro benzene ring substituents is 1. The van der Waals surface area contributed by atoms with Crippen molar-refractivity contribution in [3.05, 3.63) is 106 Å². The Bertz CT molecular complexity index is 1470. The lowest BCUT2D eigenvalue weighted by Gasteiger charge is -2.12. The first-order valence-electron chi connectivity index (χ1n) is 9.67. The molecule has 0 aliphatic carbocycles. The summed E-state index contributed by atoms with van der Waals surface area (Å²) in [5.41, 5.74) is 3.50. The highest BCUT2D eigenvalue weighted by atomic mass is 35.5. The maximum Gasteiger partial charge on any atom is 0.270 e. The number of nitrogens with zero attached hydrogens (tertiary/aromatic N) is 2. The zero-order valence-corrected chi connectivity index (χ0v) is 18.5. The zero-order valence-electron chi connectivity index (χ0n) is 17.0. The van der Waals surface area contributed by atoms with Gasteiger partial charge in [0.05, 0.1) is 16.8 Å². The Morgan fingerprint density at radius 3 is 2.42 bits per heavy atom. The first kappa shape index (κ1) is 22.3.